The zero-order valence-corrected chi connectivity index (χ0v) is 12.9. The molecule has 3 N–H and O–H groups in total. The van der Waals surface area contributed by atoms with Crippen LogP contribution in [0.5, 0.6) is 5.75 Å². The lowest BCUT2D eigenvalue weighted by atomic mass is 10.2. The molecule has 0 aliphatic heterocycles. The minimum absolute atomic E-state index is 0.00117. The highest BCUT2D eigenvalue weighted by Crippen LogP contribution is 2.23. The third-order valence-corrected chi connectivity index (χ3v) is 4.73. The summed E-state index contributed by atoms with van der Waals surface area (Å²) in [4.78, 5) is 0.00117. The molecule has 0 saturated carbocycles. The average Bonchev–Trinajstić information content (AvgIpc) is 2.45. The number of sulfonamides is 1. The molecule has 0 atom stereocenters. The molecule has 5 nitrogen and oxygen atoms in total. The summed E-state index contributed by atoms with van der Waals surface area (Å²) in [5, 5.41) is 0.0909. The van der Waals surface area contributed by atoms with Gasteiger partial charge in [-0.2, -0.15) is 0 Å². The van der Waals surface area contributed by atoms with Crippen LogP contribution >= 0.6 is 11.6 Å². The molecule has 0 aliphatic carbocycles. The monoisotopic (exact) mass is 326 g/mol. The van der Waals surface area contributed by atoms with E-state index in [-0.39, 0.29) is 16.5 Å². The van der Waals surface area contributed by atoms with Crippen LogP contribution in [0.2, 0.25) is 5.02 Å². The summed E-state index contributed by atoms with van der Waals surface area (Å²) >= 11 is 5.92. The van der Waals surface area contributed by atoms with E-state index in [1.807, 2.05) is 0 Å². The van der Waals surface area contributed by atoms with E-state index >= 15 is 0 Å². The molecule has 0 saturated heterocycles. The molecule has 0 unspecified atom stereocenters. The summed E-state index contributed by atoms with van der Waals surface area (Å²) in [6.45, 7) is 0.139. The van der Waals surface area contributed by atoms with Crippen LogP contribution in [0, 0.1) is 0 Å². The first-order chi connectivity index (χ1) is 9.92. The quantitative estimate of drug-likeness (QED) is 0.827. The highest BCUT2D eigenvalue weighted by atomic mass is 35.5. The Kier molecular flexibility index (Phi) is 4.72. The molecule has 0 radical (unpaired) electrons. The first-order valence-corrected chi connectivity index (χ1v) is 7.96. The molecule has 0 heterocycles. The number of hydrogen-bond acceptors (Lipinski definition) is 4. The molecule has 2 aromatic rings. The van der Waals surface area contributed by atoms with Crippen molar-refractivity contribution in [1.82, 2.24) is 4.72 Å². The molecule has 0 aromatic heterocycles. The second kappa shape index (κ2) is 6.34. The number of halogens is 1. The number of anilines is 1. The van der Waals surface area contributed by atoms with E-state index in [4.69, 9.17) is 22.1 Å². The number of methoxy groups -OCH3 is 1. The van der Waals surface area contributed by atoms with E-state index in [1.54, 1.807) is 31.4 Å². The van der Waals surface area contributed by atoms with E-state index in [0.29, 0.717) is 11.4 Å². The number of nitrogen functional groups attached to an aromatic ring is 1. The Bertz CT molecular complexity index is 748. The van der Waals surface area contributed by atoms with Gasteiger partial charge in [-0.1, -0.05) is 23.7 Å². The molecule has 112 valence electrons. The van der Waals surface area contributed by atoms with Gasteiger partial charge in [0.15, 0.2) is 0 Å². The second-order valence-corrected chi connectivity index (χ2v) is 6.51. The predicted molar refractivity (Wildman–Crippen MR) is 82.9 cm³/mol. The fourth-order valence-electron chi connectivity index (χ4n) is 1.77. The molecule has 2 rings (SSSR count). The smallest absolute Gasteiger partial charge is 0.242 e. The van der Waals surface area contributed by atoms with E-state index in [2.05, 4.69) is 4.72 Å². The Morgan fingerprint density at radius 1 is 1.24 bits per heavy atom. The maximum Gasteiger partial charge on any atom is 0.242 e. The fourth-order valence-corrected chi connectivity index (χ4v) is 3.34. The van der Waals surface area contributed by atoms with Gasteiger partial charge in [-0.3, -0.25) is 0 Å². The van der Waals surface area contributed by atoms with E-state index in [1.165, 1.54) is 18.2 Å². The maximum atomic E-state index is 12.2. The summed E-state index contributed by atoms with van der Waals surface area (Å²) in [7, 11) is -2.15. The van der Waals surface area contributed by atoms with E-state index in [9.17, 15) is 8.42 Å². The average molecular weight is 327 g/mol. The van der Waals surface area contributed by atoms with Crippen molar-refractivity contribution in [3.05, 3.63) is 53.1 Å². The number of hydrogen-bond donors (Lipinski definition) is 2. The Morgan fingerprint density at radius 2 is 2.00 bits per heavy atom. The van der Waals surface area contributed by atoms with Crippen molar-refractivity contribution in [3.63, 3.8) is 0 Å². The predicted octanol–water partition coefficient (Wildman–Crippen LogP) is 2.41. The van der Waals surface area contributed by atoms with Crippen molar-refractivity contribution in [1.29, 1.82) is 0 Å². The van der Waals surface area contributed by atoms with Crippen molar-refractivity contribution >= 4 is 27.3 Å². The zero-order valence-electron chi connectivity index (χ0n) is 11.3. The second-order valence-electron chi connectivity index (χ2n) is 4.37. The summed E-state index contributed by atoms with van der Waals surface area (Å²) in [5.41, 5.74) is 6.75. The Balaban J connectivity index is 2.17. The summed E-state index contributed by atoms with van der Waals surface area (Å²) in [6, 6.07) is 11.4. The van der Waals surface area contributed by atoms with E-state index in [0.717, 1.165) is 5.56 Å². The van der Waals surface area contributed by atoms with Gasteiger partial charge in [-0.15, -0.1) is 0 Å². The van der Waals surface area contributed by atoms with Gasteiger partial charge in [0.25, 0.3) is 0 Å². The van der Waals surface area contributed by atoms with Crippen LogP contribution in [0.15, 0.2) is 47.4 Å². The molecule has 0 aliphatic rings. The number of ether oxygens (including phenoxy) is 1. The summed E-state index contributed by atoms with van der Waals surface area (Å²) in [6.07, 6.45) is 0. The number of nitrogens with two attached hydrogens (primary N) is 1. The van der Waals surface area contributed by atoms with Crippen LogP contribution < -0.4 is 15.2 Å². The summed E-state index contributed by atoms with van der Waals surface area (Å²) < 4.78 is 32.0. The van der Waals surface area contributed by atoms with Gasteiger partial charge >= 0.3 is 0 Å². The number of nitrogens with one attached hydrogen (secondary N) is 1. The maximum absolute atomic E-state index is 12.2. The molecular weight excluding hydrogens is 312 g/mol. The molecular formula is C14H15ClN2O3S. The lowest BCUT2D eigenvalue weighted by Crippen LogP contribution is -2.23. The SMILES string of the molecule is COc1cccc(CNS(=O)(=O)c2ccc(N)cc2Cl)c1. The normalized spacial score (nSPS) is 11.3. The Labute approximate surface area is 128 Å². The van der Waals surface area contributed by atoms with Crippen molar-refractivity contribution in [2.75, 3.05) is 12.8 Å². The van der Waals surface area contributed by atoms with Gasteiger partial charge in [-0.05, 0) is 35.9 Å². The van der Waals surface area contributed by atoms with Crippen LogP contribution in [0.25, 0.3) is 0 Å². The van der Waals surface area contributed by atoms with E-state index < -0.39 is 10.0 Å². The van der Waals surface area contributed by atoms with Gasteiger partial charge in [0, 0.05) is 12.2 Å². The Hall–Kier alpha value is -1.76. The molecule has 2 aromatic carbocycles. The third kappa shape index (κ3) is 3.87. The van der Waals surface area contributed by atoms with Crippen molar-refractivity contribution in [2.45, 2.75) is 11.4 Å². The molecule has 0 bridgehead atoms. The lowest BCUT2D eigenvalue weighted by Gasteiger charge is -2.09. The van der Waals surface area contributed by atoms with Gasteiger partial charge < -0.3 is 10.5 Å². The van der Waals surface area contributed by atoms with Gasteiger partial charge in [-0.25, -0.2) is 13.1 Å². The minimum Gasteiger partial charge on any atom is -0.497 e. The fraction of sp³-hybridized carbons (Fsp3) is 0.143. The molecule has 0 amide bonds. The number of rotatable bonds is 5. The lowest BCUT2D eigenvalue weighted by molar-refractivity contribution is 0.414. The van der Waals surface area contributed by atoms with Crippen LogP contribution in [0.3, 0.4) is 0 Å². The van der Waals surface area contributed by atoms with Crippen molar-refractivity contribution in [2.24, 2.45) is 0 Å². The standard InChI is InChI=1S/C14H15ClN2O3S/c1-20-12-4-2-3-10(7-12)9-17-21(18,19)14-6-5-11(16)8-13(14)15/h2-8,17H,9,16H2,1H3. The Morgan fingerprint density at radius 3 is 2.67 bits per heavy atom. The molecule has 0 spiro atoms. The largest absolute Gasteiger partial charge is 0.497 e. The van der Waals surface area contributed by atoms with Crippen LogP contribution in [-0.4, -0.2) is 15.5 Å². The molecule has 21 heavy (non-hydrogen) atoms. The van der Waals surface area contributed by atoms with Gasteiger partial charge in [0.1, 0.15) is 10.6 Å². The topological polar surface area (TPSA) is 81.4 Å². The highest BCUT2D eigenvalue weighted by molar-refractivity contribution is 7.89. The minimum atomic E-state index is -3.70. The molecule has 7 heteroatoms. The van der Waals surface area contributed by atoms with Crippen molar-refractivity contribution < 1.29 is 13.2 Å². The van der Waals surface area contributed by atoms with Crippen LogP contribution in [-0.2, 0) is 16.6 Å². The molecule has 0 fully saturated rings. The van der Waals surface area contributed by atoms with Crippen molar-refractivity contribution in [3.8, 4) is 5.75 Å². The van der Waals surface area contributed by atoms with Gasteiger partial charge in [0.2, 0.25) is 10.0 Å². The third-order valence-electron chi connectivity index (χ3n) is 2.85. The zero-order chi connectivity index (χ0) is 15.5. The number of benzene rings is 2. The first kappa shape index (κ1) is 15.6. The van der Waals surface area contributed by atoms with Crippen LogP contribution in [0.1, 0.15) is 5.56 Å². The highest BCUT2D eigenvalue weighted by Gasteiger charge is 2.17. The van der Waals surface area contributed by atoms with Gasteiger partial charge in [0.05, 0.1) is 12.1 Å². The summed E-state index contributed by atoms with van der Waals surface area (Å²) in [5.74, 6) is 0.664. The first-order valence-electron chi connectivity index (χ1n) is 6.10. The van der Waals surface area contributed by atoms with Crippen LogP contribution in [0.4, 0.5) is 5.69 Å².